The quantitative estimate of drug-likeness (QED) is 0.510. The number of amides is 1. The summed E-state index contributed by atoms with van der Waals surface area (Å²) in [6, 6.07) is -0.737. The van der Waals surface area contributed by atoms with Crippen LogP contribution in [0.2, 0.25) is 0 Å². The summed E-state index contributed by atoms with van der Waals surface area (Å²) in [6.07, 6.45) is -0.951. The number of halogens is 5. The molecular formula is C12H10F5NO3S. The lowest BCUT2D eigenvalue weighted by Crippen LogP contribution is -2.37. The van der Waals surface area contributed by atoms with Crippen molar-refractivity contribution in [1.29, 1.82) is 0 Å². The summed E-state index contributed by atoms with van der Waals surface area (Å²) in [7, 11) is -3.28. The summed E-state index contributed by atoms with van der Waals surface area (Å²) in [5.74, 6) is -12.2. The van der Waals surface area contributed by atoms with Crippen LogP contribution in [0.1, 0.15) is 12.0 Å². The molecule has 1 fully saturated rings. The second-order valence-corrected chi connectivity index (χ2v) is 7.12. The average molecular weight is 343 g/mol. The Kier molecular flexibility index (Phi) is 4.41. The van der Waals surface area contributed by atoms with Gasteiger partial charge in [0.2, 0.25) is 11.7 Å². The van der Waals surface area contributed by atoms with Crippen molar-refractivity contribution in [2.45, 2.75) is 18.9 Å². The molecule has 0 bridgehead atoms. The van der Waals surface area contributed by atoms with Crippen molar-refractivity contribution < 1.29 is 35.2 Å². The van der Waals surface area contributed by atoms with Crippen LogP contribution < -0.4 is 5.32 Å². The molecule has 0 aliphatic carbocycles. The van der Waals surface area contributed by atoms with Crippen molar-refractivity contribution in [3.8, 4) is 0 Å². The van der Waals surface area contributed by atoms with Crippen LogP contribution in [0.5, 0.6) is 0 Å². The van der Waals surface area contributed by atoms with E-state index < -0.39 is 62.9 Å². The third kappa shape index (κ3) is 3.21. The minimum atomic E-state index is -3.28. The Morgan fingerprint density at radius 3 is 1.95 bits per heavy atom. The topological polar surface area (TPSA) is 63.2 Å². The van der Waals surface area contributed by atoms with Crippen LogP contribution >= 0.6 is 0 Å². The van der Waals surface area contributed by atoms with Crippen molar-refractivity contribution in [3.05, 3.63) is 34.6 Å². The lowest BCUT2D eigenvalue weighted by atomic mass is 10.1. The average Bonchev–Trinajstić information content (AvgIpc) is 2.78. The van der Waals surface area contributed by atoms with Gasteiger partial charge in [0.25, 0.3) is 0 Å². The molecule has 0 saturated carbocycles. The predicted molar refractivity (Wildman–Crippen MR) is 65.1 cm³/mol. The molecule has 22 heavy (non-hydrogen) atoms. The first-order valence-electron chi connectivity index (χ1n) is 6.12. The molecule has 1 atom stereocenters. The largest absolute Gasteiger partial charge is 0.352 e. The van der Waals surface area contributed by atoms with Crippen LogP contribution in [0, 0.1) is 29.1 Å². The number of hydrogen-bond donors (Lipinski definition) is 1. The maximum atomic E-state index is 13.4. The molecule has 1 amide bonds. The van der Waals surface area contributed by atoms with Crippen molar-refractivity contribution in [2.24, 2.45) is 0 Å². The fraction of sp³-hybridized carbons (Fsp3) is 0.417. The third-order valence-corrected chi connectivity index (χ3v) is 5.00. The SMILES string of the molecule is O=C(Cc1c(F)c(F)c(F)c(F)c1F)NC1CCS(=O)(=O)C1. The first-order valence-corrected chi connectivity index (χ1v) is 7.94. The monoisotopic (exact) mass is 343 g/mol. The fourth-order valence-corrected chi connectivity index (χ4v) is 3.83. The van der Waals surface area contributed by atoms with Gasteiger partial charge in [0.1, 0.15) is 0 Å². The van der Waals surface area contributed by atoms with E-state index in [9.17, 15) is 35.2 Å². The van der Waals surface area contributed by atoms with Gasteiger partial charge in [-0.1, -0.05) is 0 Å². The molecular weight excluding hydrogens is 333 g/mol. The summed E-state index contributed by atoms with van der Waals surface area (Å²) < 4.78 is 88.0. The number of nitrogens with one attached hydrogen (secondary N) is 1. The number of benzene rings is 1. The van der Waals surface area contributed by atoms with E-state index in [0.717, 1.165) is 0 Å². The zero-order valence-corrected chi connectivity index (χ0v) is 11.7. The number of rotatable bonds is 3. The van der Waals surface area contributed by atoms with Crippen LogP contribution in [0.4, 0.5) is 22.0 Å². The van der Waals surface area contributed by atoms with E-state index >= 15 is 0 Å². The highest BCUT2D eigenvalue weighted by Crippen LogP contribution is 2.23. The van der Waals surface area contributed by atoms with E-state index in [1.807, 2.05) is 0 Å². The minimum Gasteiger partial charge on any atom is -0.352 e. The first kappa shape index (κ1) is 16.7. The van der Waals surface area contributed by atoms with Crippen LogP contribution in [0.25, 0.3) is 0 Å². The highest BCUT2D eigenvalue weighted by atomic mass is 32.2. The molecule has 1 aliphatic heterocycles. The summed E-state index contributed by atoms with van der Waals surface area (Å²) in [5, 5.41) is 2.20. The Labute approximate surface area is 122 Å². The van der Waals surface area contributed by atoms with E-state index in [1.54, 1.807) is 0 Å². The third-order valence-electron chi connectivity index (χ3n) is 3.24. The summed E-state index contributed by atoms with van der Waals surface area (Å²) in [6.45, 7) is 0. The molecule has 10 heteroatoms. The summed E-state index contributed by atoms with van der Waals surface area (Å²) in [5.41, 5.74) is -1.25. The lowest BCUT2D eigenvalue weighted by Gasteiger charge is -2.12. The van der Waals surface area contributed by atoms with Crippen molar-refractivity contribution >= 4 is 15.7 Å². The van der Waals surface area contributed by atoms with Gasteiger partial charge in [0, 0.05) is 11.6 Å². The summed E-state index contributed by atoms with van der Waals surface area (Å²) in [4.78, 5) is 11.6. The van der Waals surface area contributed by atoms with Gasteiger partial charge in [0.05, 0.1) is 17.9 Å². The Balaban J connectivity index is 2.16. The van der Waals surface area contributed by atoms with Gasteiger partial charge in [-0.2, -0.15) is 0 Å². The highest BCUT2D eigenvalue weighted by Gasteiger charge is 2.31. The highest BCUT2D eigenvalue weighted by molar-refractivity contribution is 7.91. The second kappa shape index (κ2) is 5.82. The van der Waals surface area contributed by atoms with Gasteiger partial charge in [-0.05, 0) is 6.42 Å². The smallest absolute Gasteiger partial charge is 0.224 e. The van der Waals surface area contributed by atoms with Gasteiger partial charge in [-0.3, -0.25) is 4.79 Å². The Bertz CT molecular complexity index is 706. The molecule has 1 aromatic rings. The minimum absolute atomic E-state index is 0.130. The van der Waals surface area contributed by atoms with Gasteiger partial charge in [0.15, 0.2) is 33.1 Å². The second-order valence-electron chi connectivity index (χ2n) is 4.89. The van der Waals surface area contributed by atoms with Gasteiger partial charge < -0.3 is 5.32 Å². The van der Waals surface area contributed by atoms with E-state index in [4.69, 9.17) is 0 Å². The van der Waals surface area contributed by atoms with Crippen LogP contribution in [0.15, 0.2) is 0 Å². The van der Waals surface area contributed by atoms with Crippen LogP contribution in [-0.4, -0.2) is 31.9 Å². The van der Waals surface area contributed by atoms with E-state index in [1.165, 1.54) is 0 Å². The van der Waals surface area contributed by atoms with Gasteiger partial charge in [-0.15, -0.1) is 0 Å². The molecule has 1 aliphatic rings. The van der Waals surface area contributed by atoms with Crippen LogP contribution in [-0.2, 0) is 21.1 Å². The number of sulfone groups is 1. The zero-order valence-electron chi connectivity index (χ0n) is 10.9. The number of carbonyl (C=O) groups is 1. The Morgan fingerprint density at radius 1 is 1.00 bits per heavy atom. The molecule has 1 N–H and O–H groups in total. The predicted octanol–water partition coefficient (Wildman–Crippen LogP) is 1.23. The first-order chi connectivity index (χ1) is 10.1. The van der Waals surface area contributed by atoms with Crippen molar-refractivity contribution in [1.82, 2.24) is 5.32 Å². The normalized spacial score (nSPS) is 20.1. The zero-order chi connectivity index (χ0) is 16.7. The summed E-state index contributed by atoms with van der Waals surface area (Å²) >= 11 is 0. The maximum Gasteiger partial charge on any atom is 0.224 e. The molecule has 0 radical (unpaired) electrons. The molecule has 2 rings (SSSR count). The Morgan fingerprint density at radius 2 is 1.50 bits per heavy atom. The molecule has 1 heterocycles. The molecule has 122 valence electrons. The van der Waals surface area contributed by atoms with E-state index in [2.05, 4.69) is 5.32 Å². The molecule has 1 unspecified atom stereocenters. The molecule has 1 saturated heterocycles. The number of hydrogen-bond acceptors (Lipinski definition) is 3. The fourth-order valence-electron chi connectivity index (χ4n) is 2.15. The van der Waals surface area contributed by atoms with Crippen molar-refractivity contribution in [2.75, 3.05) is 11.5 Å². The maximum absolute atomic E-state index is 13.4. The lowest BCUT2D eigenvalue weighted by molar-refractivity contribution is -0.121. The number of carbonyl (C=O) groups excluding carboxylic acids is 1. The van der Waals surface area contributed by atoms with E-state index in [0.29, 0.717) is 0 Å². The van der Waals surface area contributed by atoms with Crippen molar-refractivity contribution in [3.63, 3.8) is 0 Å². The Hall–Kier alpha value is -1.71. The van der Waals surface area contributed by atoms with E-state index in [-0.39, 0.29) is 17.9 Å². The van der Waals surface area contributed by atoms with Gasteiger partial charge in [-0.25, -0.2) is 30.4 Å². The molecule has 0 aromatic heterocycles. The van der Waals surface area contributed by atoms with Gasteiger partial charge >= 0.3 is 0 Å². The van der Waals surface area contributed by atoms with Crippen LogP contribution in [0.3, 0.4) is 0 Å². The molecule has 1 aromatic carbocycles. The molecule has 4 nitrogen and oxygen atoms in total. The standard InChI is InChI=1S/C12H10F5NO3S/c13-8-6(9(14)11(16)12(17)10(8)15)3-7(19)18-5-1-2-22(20,21)4-5/h5H,1-4H2,(H,18,19). The molecule has 0 spiro atoms.